The van der Waals surface area contributed by atoms with Crippen molar-refractivity contribution in [3.8, 4) is 5.75 Å². The average Bonchev–Trinajstić information content (AvgIpc) is 2.60. The number of alkyl halides is 2. The summed E-state index contributed by atoms with van der Waals surface area (Å²) < 4.78 is 5.97. The second kappa shape index (κ2) is 9.80. The summed E-state index contributed by atoms with van der Waals surface area (Å²) in [7, 11) is 0. The molecule has 0 unspecified atom stereocenters. The molecule has 24 heavy (non-hydrogen) atoms. The number of ether oxygens (including phenoxy) is 1. The lowest BCUT2D eigenvalue weighted by Gasteiger charge is -2.27. The van der Waals surface area contributed by atoms with Gasteiger partial charge < -0.3 is 9.64 Å². The highest BCUT2D eigenvalue weighted by molar-refractivity contribution is 6.18. The second-order valence-electron chi connectivity index (χ2n) is 6.01. The SMILES string of the molecule is CC(C)c1cc(OCc2ccccc2)ccc1N(CCCl)CCCl. The Morgan fingerprint density at radius 2 is 1.62 bits per heavy atom. The van der Waals surface area contributed by atoms with Gasteiger partial charge in [-0.05, 0) is 35.2 Å². The minimum atomic E-state index is 0.397. The molecule has 0 radical (unpaired) electrons. The molecule has 4 heteroatoms. The van der Waals surface area contributed by atoms with Gasteiger partial charge in [0.05, 0.1) is 0 Å². The molecule has 0 heterocycles. The molecule has 0 spiro atoms. The Labute approximate surface area is 155 Å². The van der Waals surface area contributed by atoms with Gasteiger partial charge in [0.15, 0.2) is 0 Å². The van der Waals surface area contributed by atoms with Gasteiger partial charge in [-0.2, -0.15) is 0 Å². The van der Waals surface area contributed by atoms with Gasteiger partial charge in [-0.3, -0.25) is 0 Å². The van der Waals surface area contributed by atoms with Crippen LogP contribution in [-0.2, 0) is 6.61 Å². The summed E-state index contributed by atoms with van der Waals surface area (Å²) in [6.45, 7) is 6.54. The first kappa shape index (κ1) is 19.0. The molecule has 0 aliphatic rings. The fourth-order valence-corrected chi connectivity index (χ4v) is 3.08. The number of anilines is 1. The Morgan fingerprint density at radius 1 is 0.958 bits per heavy atom. The highest BCUT2D eigenvalue weighted by Gasteiger charge is 2.14. The maximum absolute atomic E-state index is 5.97. The summed E-state index contributed by atoms with van der Waals surface area (Å²) in [6.07, 6.45) is 0. The van der Waals surface area contributed by atoms with Gasteiger partial charge in [0.25, 0.3) is 0 Å². The van der Waals surface area contributed by atoms with Crippen LogP contribution in [0.4, 0.5) is 5.69 Å². The van der Waals surface area contributed by atoms with E-state index in [2.05, 4.69) is 43.0 Å². The Bertz CT molecular complexity index is 610. The van der Waals surface area contributed by atoms with E-state index in [0.717, 1.165) is 18.8 Å². The quantitative estimate of drug-likeness (QED) is 0.530. The molecule has 2 rings (SSSR count). The molecule has 0 fully saturated rings. The van der Waals surface area contributed by atoms with Crippen LogP contribution in [0.1, 0.15) is 30.9 Å². The van der Waals surface area contributed by atoms with Crippen LogP contribution in [0.3, 0.4) is 0 Å². The standard InChI is InChI=1S/C20H25Cl2NO/c1-16(2)19-14-18(24-15-17-6-4-3-5-7-17)8-9-20(19)23(12-10-21)13-11-22/h3-9,14,16H,10-13,15H2,1-2H3. The third-order valence-corrected chi connectivity index (χ3v) is 4.26. The fraction of sp³-hybridized carbons (Fsp3) is 0.400. The van der Waals surface area contributed by atoms with Crippen molar-refractivity contribution in [1.29, 1.82) is 0 Å². The number of rotatable bonds is 9. The first-order valence-electron chi connectivity index (χ1n) is 8.33. The van der Waals surface area contributed by atoms with Gasteiger partial charge in [0.2, 0.25) is 0 Å². The average molecular weight is 366 g/mol. The van der Waals surface area contributed by atoms with Crippen molar-refractivity contribution < 1.29 is 4.74 Å². The van der Waals surface area contributed by atoms with Crippen molar-refractivity contribution in [2.45, 2.75) is 26.4 Å². The zero-order chi connectivity index (χ0) is 17.4. The van der Waals surface area contributed by atoms with Crippen molar-refractivity contribution >= 4 is 28.9 Å². The predicted molar refractivity (Wildman–Crippen MR) is 105 cm³/mol. The number of hydrogen-bond acceptors (Lipinski definition) is 2. The van der Waals surface area contributed by atoms with Crippen LogP contribution in [0.25, 0.3) is 0 Å². The summed E-state index contributed by atoms with van der Waals surface area (Å²) in [6, 6.07) is 16.5. The van der Waals surface area contributed by atoms with Crippen LogP contribution >= 0.6 is 23.2 Å². The molecule has 0 saturated carbocycles. The van der Waals surface area contributed by atoms with Crippen LogP contribution in [0, 0.1) is 0 Å². The van der Waals surface area contributed by atoms with E-state index in [9.17, 15) is 0 Å². The topological polar surface area (TPSA) is 12.5 Å². The lowest BCUT2D eigenvalue weighted by molar-refractivity contribution is 0.306. The van der Waals surface area contributed by atoms with E-state index < -0.39 is 0 Å². The molecule has 0 N–H and O–H groups in total. The summed E-state index contributed by atoms with van der Waals surface area (Å²) >= 11 is 11.9. The van der Waals surface area contributed by atoms with E-state index in [-0.39, 0.29) is 0 Å². The molecule has 2 aromatic carbocycles. The van der Waals surface area contributed by atoms with Crippen molar-refractivity contribution in [2.75, 3.05) is 29.7 Å². The molecule has 130 valence electrons. The zero-order valence-corrected chi connectivity index (χ0v) is 15.9. The number of nitrogens with zero attached hydrogens (tertiary/aromatic N) is 1. The third-order valence-electron chi connectivity index (χ3n) is 3.92. The maximum atomic E-state index is 5.97. The van der Waals surface area contributed by atoms with Crippen molar-refractivity contribution in [3.63, 3.8) is 0 Å². The zero-order valence-electron chi connectivity index (χ0n) is 14.3. The largest absolute Gasteiger partial charge is 0.489 e. The molecular formula is C20H25Cl2NO. The molecule has 0 atom stereocenters. The van der Waals surface area contributed by atoms with E-state index in [1.807, 2.05) is 24.3 Å². The van der Waals surface area contributed by atoms with E-state index >= 15 is 0 Å². The number of halogens is 2. The Kier molecular flexibility index (Phi) is 7.74. The Balaban J connectivity index is 2.19. The normalized spacial score (nSPS) is 10.9. The molecule has 2 aromatic rings. The van der Waals surface area contributed by atoms with Gasteiger partial charge >= 0.3 is 0 Å². The first-order valence-corrected chi connectivity index (χ1v) is 9.40. The minimum absolute atomic E-state index is 0.397. The van der Waals surface area contributed by atoms with Crippen molar-refractivity contribution in [3.05, 3.63) is 59.7 Å². The summed E-state index contributed by atoms with van der Waals surface area (Å²) in [5.41, 5.74) is 3.62. The Morgan fingerprint density at radius 3 is 2.21 bits per heavy atom. The molecule has 0 aliphatic heterocycles. The fourth-order valence-electron chi connectivity index (χ4n) is 2.67. The molecular weight excluding hydrogens is 341 g/mol. The molecule has 0 aromatic heterocycles. The number of benzene rings is 2. The minimum Gasteiger partial charge on any atom is -0.489 e. The van der Waals surface area contributed by atoms with Gasteiger partial charge in [-0.1, -0.05) is 44.2 Å². The van der Waals surface area contributed by atoms with Crippen LogP contribution in [0.5, 0.6) is 5.75 Å². The summed E-state index contributed by atoms with van der Waals surface area (Å²) in [5.74, 6) is 2.46. The molecule has 0 bridgehead atoms. The smallest absolute Gasteiger partial charge is 0.120 e. The van der Waals surface area contributed by atoms with Gasteiger partial charge in [-0.15, -0.1) is 23.2 Å². The maximum Gasteiger partial charge on any atom is 0.120 e. The van der Waals surface area contributed by atoms with Gasteiger partial charge in [0.1, 0.15) is 12.4 Å². The highest BCUT2D eigenvalue weighted by Crippen LogP contribution is 2.31. The van der Waals surface area contributed by atoms with Gasteiger partial charge in [0, 0.05) is 30.5 Å². The molecule has 0 saturated heterocycles. The van der Waals surface area contributed by atoms with Crippen LogP contribution in [-0.4, -0.2) is 24.8 Å². The summed E-state index contributed by atoms with van der Waals surface area (Å²) in [4.78, 5) is 2.25. The van der Waals surface area contributed by atoms with E-state index in [1.165, 1.54) is 16.8 Å². The molecule has 2 nitrogen and oxygen atoms in total. The molecule has 0 aliphatic carbocycles. The van der Waals surface area contributed by atoms with Crippen LogP contribution < -0.4 is 9.64 Å². The predicted octanol–water partition coefficient (Wildman–Crippen LogP) is 5.67. The van der Waals surface area contributed by atoms with Gasteiger partial charge in [-0.25, -0.2) is 0 Å². The molecule has 0 amide bonds. The third kappa shape index (κ3) is 5.32. The Hall–Kier alpha value is -1.38. The highest BCUT2D eigenvalue weighted by atomic mass is 35.5. The van der Waals surface area contributed by atoms with Crippen LogP contribution in [0.2, 0.25) is 0 Å². The van der Waals surface area contributed by atoms with Crippen LogP contribution in [0.15, 0.2) is 48.5 Å². The first-order chi connectivity index (χ1) is 11.7. The number of hydrogen-bond donors (Lipinski definition) is 0. The van der Waals surface area contributed by atoms with Crippen molar-refractivity contribution in [2.24, 2.45) is 0 Å². The second-order valence-corrected chi connectivity index (χ2v) is 6.77. The van der Waals surface area contributed by atoms with Crippen molar-refractivity contribution in [1.82, 2.24) is 0 Å². The lowest BCUT2D eigenvalue weighted by atomic mass is 10.00. The van der Waals surface area contributed by atoms with E-state index in [4.69, 9.17) is 27.9 Å². The lowest BCUT2D eigenvalue weighted by Crippen LogP contribution is -2.28. The van der Waals surface area contributed by atoms with E-state index in [1.54, 1.807) is 0 Å². The van der Waals surface area contributed by atoms with E-state index in [0.29, 0.717) is 24.3 Å². The monoisotopic (exact) mass is 365 g/mol. The summed E-state index contributed by atoms with van der Waals surface area (Å²) in [5, 5.41) is 0.